The first-order chi connectivity index (χ1) is 12.9. The molecular formula is C20H27N3O4. The minimum Gasteiger partial charge on any atom is -0.394 e. The number of aliphatic hydroxyl groups is 3. The van der Waals surface area contributed by atoms with Gasteiger partial charge in [0.05, 0.1) is 18.3 Å². The Morgan fingerprint density at radius 3 is 2.52 bits per heavy atom. The summed E-state index contributed by atoms with van der Waals surface area (Å²) in [7, 11) is 0. The molecule has 0 saturated heterocycles. The molecule has 146 valence electrons. The summed E-state index contributed by atoms with van der Waals surface area (Å²) >= 11 is 0. The largest absolute Gasteiger partial charge is 0.394 e. The van der Waals surface area contributed by atoms with E-state index in [0.29, 0.717) is 12.2 Å². The number of hydrogen-bond donors (Lipinski definition) is 4. The molecule has 2 heterocycles. The molecule has 1 aromatic heterocycles. The smallest absolute Gasteiger partial charge is 0.223 e. The van der Waals surface area contributed by atoms with Crippen LogP contribution in [-0.2, 0) is 17.6 Å². The molecular weight excluding hydrogens is 346 g/mol. The van der Waals surface area contributed by atoms with Crippen LogP contribution in [0, 0.1) is 5.92 Å². The van der Waals surface area contributed by atoms with Crippen molar-refractivity contribution in [2.24, 2.45) is 5.92 Å². The lowest BCUT2D eigenvalue weighted by atomic mass is 9.93. The van der Waals surface area contributed by atoms with Crippen molar-refractivity contribution in [3.8, 4) is 0 Å². The third-order valence-electron chi connectivity index (χ3n) is 5.05. The highest BCUT2D eigenvalue weighted by atomic mass is 16.3. The number of benzene rings is 1. The number of hydrogen-bond acceptors (Lipinski definition) is 5. The van der Waals surface area contributed by atoms with Crippen LogP contribution in [0.25, 0.3) is 0 Å². The molecule has 1 aliphatic heterocycles. The van der Waals surface area contributed by atoms with Crippen LogP contribution in [-0.4, -0.2) is 49.6 Å². The van der Waals surface area contributed by atoms with Crippen molar-refractivity contribution in [3.05, 3.63) is 53.6 Å². The van der Waals surface area contributed by atoms with Crippen LogP contribution in [0.1, 0.15) is 43.0 Å². The van der Waals surface area contributed by atoms with E-state index in [4.69, 9.17) is 0 Å². The molecule has 1 aromatic carbocycles. The van der Waals surface area contributed by atoms with E-state index in [2.05, 4.69) is 10.3 Å². The zero-order valence-corrected chi connectivity index (χ0v) is 15.6. The van der Waals surface area contributed by atoms with Crippen LogP contribution in [0.5, 0.6) is 0 Å². The molecule has 1 amide bonds. The van der Waals surface area contributed by atoms with Gasteiger partial charge in [-0.25, -0.2) is 4.98 Å². The van der Waals surface area contributed by atoms with E-state index in [-0.39, 0.29) is 18.4 Å². The summed E-state index contributed by atoms with van der Waals surface area (Å²) in [6, 6.07) is 8.52. The lowest BCUT2D eigenvalue weighted by molar-refractivity contribution is -0.128. The molecule has 7 nitrogen and oxygen atoms in total. The number of amides is 1. The van der Waals surface area contributed by atoms with Crippen molar-refractivity contribution in [1.82, 2.24) is 14.9 Å². The zero-order chi connectivity index (χ0) is 19.6. The lowest BCUT2D eigenvalue weighted by Gasteiger charge is -2.38. The Balaban J connectivity index is 1.87. The maximum Gasteiger partial charge on any atom is 0.223 e. The fourth-order valence-electron chi connectivity index (χ4n) is 3.40. The van der Waals surface area contributed by atoms with Gasteiger partial charge in [0, 0.05) is 12.1 Å². The molecule has 3 rings (SSSR count). The molecule has 1 aliphatic rings. The van der Waals surface area contributed by atoms with Crippen molar-refractivity contribution in [2.75, 3.05) is 6.61 Å². The number of nitrogens with zero attached hydrogens (tertiary/aromatic N) is 2. The van der Waals surface area contributed by atoms with Crippen LogP contribution >= 0.6 is 0 Å². The number of fused-ring (bicyclic) bond motifs is 1. The predicted molar refractivity (Wildman–Crippen MR) is 99.9 cm³/mol. The number of rotatable bonds is 6. The number of carbonyl (C=O) groups is 1. The van der Waals surface area contributed by atoms with E-state index in [1.165, 1.54) is 5.56 Å². The number of nitrogens with one attached hydrogen (secondary N) is 1. The van der Waals surface area contributed by atoms with Gasteiger partial charge in [-0.05, 0) is 18.4 Å². The van der Waals surface area contributed by atoms with Crippen molar-refractivity contribution < 1.29 is 20.1 Å². The van der Waals surface area contributed by atoms with Crippen molar-refractivity contribution >= 4 is 5.91 Å². The topological polar surface area (TPSA) is 108 Å². The van der Waals surface area contributed by atoms with Crippen LogP contribution in [0.2, 0.25) is 0 Å². The van der Waals surface area contributed by atoms with Gasteiger partial charge in [-0.3, -0.25) is 4.79 Å². The fourth-order valence-corrected chi connectivity index (χ4v) is 3.40. The molecule has 4 N–H and O–H groups in total. The molecule has 0 saturated carbocycles. The molecule has 0 unspecified atom stereocenters. The molecule has 27 heavy (non-hydrogen) atoms. The molecule has 0 spiro atoms. The van der Waals surface area contributed by atoms with Crippen LogP contribution < -0.4 is 5.32 Å². The quantitative estimate of drug-likeness (QED) is 0.598. The molecule has 0 aliphatic carbocycles. The number of imidazole rings is 1. The summed E-state index contributed by atoms with van der Waals surface area (Å²) in [5, 5.41) is 33.4. The Bertz CT molecular complexity index is 775. The highest BCUT2D eigenvalue weighted by Gasteiger charge is 2.43. The Labute approximate surface area is 158 Å². The molecule has 0 fully saturated rings. The summed E-state index contributed by atoms with van der Waals surface area (Å²) in [5.41, 5.74) is 1.98. The number of carbonyl (C=O) groups excluding carboxylic acids is 1. The summed E-state index contributed by atoms with van der Waals surface area (Å²) in [6.45, 7) is 3.19. The third-order valence-corrected chi connectivity index (χ3v) is 5.05. The van der Waals surface area contributed by atoms with E-state index in [9.17, 15) is 20.1 Å². The average molecular weight is 373 g/mol. The molecule has 0 radical (unpaired) electrons. The summed E-state index contributed by atoms with van der Waals surface area (Å²) < 4.78 is 1.68. The third kappa shape index (κ3) is 4.05. The van der Waals surface area contributed by atoms with Gasteiger partial charge in [-0.2, -0.15) is 0 Å². The van der Waals surface area contributed by atoms with Gasteiger partial charge in [0.15, 0.2) is 0 Å². The Morgan fingerprint density at radius 1 is 1.19 bits per heavy atom. The van der Waals surface area contributed by atoms with Gasteiger partial charge in [-0.1, -0.05) is 44.2 Å². The van der Waals surface area contributed by atoms with Gasteiger partial charge in [0.2, 0.25) is 5.91 Å². The van der Waals surface area contributed by atoms with Gasteiger partial charge in [0.25, 0.3) is 0 Å². The lowest BCUT2D eigenvalue weighted by Crippen LogP contribution is -2.52. The number of aromatic nitrogens is 2. The van der Waals surface area contributed by atoms with E-state index in [0.717, 1.165) is 12.1 Å². The van der Waals surface area contributed by atoms with E-state index in [1.54, 1.807) is 24.6 Å². The SMILES string of the molecule is CC(C)C(=O)N[C@H]1c2nc(CCc3ccccc3)cn2[C@H](CO)[C@@H](O)[C@@H]1O. The standard InChI is InChI=1S/C20H27N3O4/c1-12(2)20(27)22-16-18(26)17(25)15(11-24)23-10-14(21-19(16)23)9-8-13-6-4-3-5-7-13/h3-7,10,12,15-18,24-26H,8-9,11H2,1-2H3,(H,22,27)/t15-,16-,17-,18-/m1/s1. The maximum absolute atomic E-state index is 12.2. The predicted octanol–water partition coefficient (Wildman–Crippen LogP) is 0.750. The second kappa shape index (κ2) is 8.21. The highest BCUT2D eigenvalue weighted by molar-refractivity contribution is 5.78. The monoisotopic (exact) mass is 373 g/mol. The van der Waals surface area contributed by atoms with E-state index in [1.807, 2.05) is 30.3 Å². The molecule has 2 aromatic rings. The first-order valence-electron chi connectivity index (χ1n) is 9.31. The second-order valence-corrected chi connectivity index (χ2v) is 7.36. The minimum atomic E-state index is -1.23. The fraction of sp³-hybridized carbons (Fsp3) is 0.500. The Hall–Kier alpha value is -2.22. The Kier molecular flexibility index (Phi) is 5.94. The second-order valence-electron chi connectivity index (χ2n) is 7.36. The van der Waals surface area contributed by atoms with Gasteiger partial charge in [0.1, 0.15) is 24.1 Å². The van der Waals surface area contributed by atoms with Gasteiger partial charge in [-0.15, -0.1) is 0 Å². The van der Waals surface area contributed by atoms with Crippen LogP contribution in [0.15, 0.2) is 36.5 Å². The minimum absolute atomic E-state index is 0.228. The summed E-state index contributed by atoms with van der Waals surface area (Å²) in [5.74, 6) is -0.0242. The first kappa shape index (κ1) is 19.5. The number of aliphatic hydroxyl groups excluding tert-OH is 3. The Morgan fingerprint density at radius 2 is 1.89 bits per heavy atom. The highest BCUT2D eigenvalue weighted by Crippen LogP contribution is 2.33. The zero-order valence-electron chi connectivity index (χ0n) is 15.6. The summed E-state index contributed by atoms with van der Waals surface area (Å²) in [4.78, 5) is 16.8. The van der Waals surface area contributed by atoms with Crippen molar-refractivity contribution in [1.29, 1.82) is 0 Å². The van der Waals surface area contributed by atoms with Crippen molar-refractivity contribution in [3.63, 3.8) is 0 Å². The molecule has 0 bridgehead atoms. The summed E-state index contributed by atoms with van der Waals surface area (Å²) in [6.07, 6.45) is 0.842. The molecule has 4 atom stereocenters. The molecule has 7 heteroatoms. The normalized spacial score (nSPS) is 24.7. The van der Waals surface area contributed by atoms with Crippen LogP contribution in [0.4, 0.5) is 0 Å². The number of aryl methyl sites for hydroxylation is 2. The van der Waals surface area contributed by atoms with E-state index < -0.39 is 24.3 Å². The van der Waals surface area contributed by atoms with E-state index >= 15 is 0 Å². The van der Waals surface area contributed by atoms with Gasteiger partial charge < -0.3 is 25.2 Å². The van der Waals surface area contributed by atoms with Gasteiger partial charge >= 0.3 is 0 Å². The van der Waals surface area contributed by atoms with Crippen LogP contribution in [0.3, 0.4) is 0 Å². The average Bonchev–Trinajstić information content (AvgIpc) is 3.08. The maximum atomic E-state index is 12.2. The first-order valence-corrected chi connectivity index (χ1v) is 9.31. The van der Waals surface area contributed by atoms with Crippen molar-refractivity contribution in [2.45, 2.75) is 51.0 Å².